The molecule has 0 fully saturated rings. The van der Waals surface area contributed by atoms with Crippen molar-refractivity contribution in [3.05, 3.63) is 64.5 Å². The third-order valence-corrected chi connectivity index (χ3v) is 3.45. The van der Waals surface area contributed by atoms with E-state index in [0.29, 0.717) is 5.56 Å². The summed E-state index contributed by atoms with van der Waals surface area (Å²) in [6.07, 6.45) is 0. The summed E-state index contributed by atoms with van der Waals surface area (Å²) >= 11 is 0. The largest absolute Gasteiger partial charge is 0.496 e. The molecule has 20 heavy (non-hydrogen) atoms. The maximum Gasteiger partial charge on any atom is 0.128 e. The van der Waals surface area contributed by atoms with Crippen LogP contribution < -0.4 is 10.1 Å². The van der Waals surface area contributed by atoms with E-state index in [2.05, 4.69) is 5.32 Å². The Kier molecular flexibility index (Phi) is 4.40. The predicted molar refractivity (Wildman–Crippen MR) is 79.8 cm³/mol. The molecule has 106 valence electrons. The van der Waals surface area contributed by atoms with Crippen LogP contribution in [0.1, 0.15) is 28.3 Å². The van der Waals surface area contributed by atoms with E-state index in [1.165, 1.54) is 6.07 Å². The minimum atomic E-state index is -0.231. The van der Waals surface area contributed by atoms with Crippen molar-refractivity contribution >= 4 is 0 Å². The summed E-state index contributed by atoms with van der Waals surface area (Å²) in [6.45, 7) is 3.97. The first kappa shape index (κ1) is 14.5. The van der Waals surface area contributed by atoms with Crippen molar-refractivity contribution in [2.75, 3.05) is 14.2 Å². The molecule has 0 amide bonds. The zero-order valence-corrected chi connectivity index (χ0v) is 12.3. The molecule has 0 radical (unpaired) electrons. The van der Waals surface area contributed by atoms with Crippen molar-refractivity contribution in [3.8, 4) is 5.75 Å². The lowest BCUT2D eigenvalue weighted by Gasteiger charge is -2.21. The van der Waals surface area contributed by atoms with Gasteiger partial charge in [0.1, 0.15) is 11.6 Å². The molecule has 3 heteroatoms. The van der Waals surface area contributed by atoms with Crippen LogP contribution in [-0.4, -0.2) is 14.2 Å². The van der Waals surface area contributed by atoms with Gasteiger partial charge in [0.2, 0.25) is 0 Å². The summed E-state index contributed by atoms with van der Waals surface area (Å²) < 4.78 is 19.6. The molecular weight excluding hydrogens is 253 g/mol. The SMILES string of the molecule is CNC(c1cc(C)ccc1F)c1ccc(C)cc1OC. The highest BCUT2D eigenvalue weighted by Gasteiger charge is 2.20. The van der Waals surface area contributed by atoms with Gasteiger partial charge in [-0.15, -0.1) is 0 Å². The maximum absolute atomic E-state index is 14.1. The van der Waals surface area contributed by atoms with Gasteiger partial charge in [0.25, 0.3) is 0 Å². The molecule has 0 aliphatic rings. The fourth-order valence-corrected chi connectivity index (χ4v) is 2.42. The van der Waals surface area contributed by atoms with Gasteiger partial charge < -0.3 is 10.1 Å². The van der Waals surface area contributed by atoms with Crippen LogP contribution in [0.5, 0.6) is 5.75 Å². The number of halogens is 1. The highest BCUT2D eigenvalue weighted by Crippen LogP contribution is 2.32. The Morgan fingerprint density at radius 2 is 1.65 bits per heavy atom. The lowest BCUT2D eigenvalue weighted by atomic mass is 9.95. The molecule has 0 aromatic heterocycles. The Bertz CT molecular complexity index is 610. The first-order valence-corrected chi connectivity index (χ1v) is 6.64. The second kappa shape index (κ2) is 6.06. The molecule has 0 aliphatic carbocycles. The zero-order valence-electron chi connectivity index (χ0n) is 12.3. The number of benzene rings is 2. The first-order valence-electron chi connectivity index (χ1n) is 6.64. The van der Waals surface area contributed by atoms with Crippen LogP contribution in [0, 0.1) is 19.7 Å². The van der Waals surface area contributed by atoms with E-state index < -0.39 is 0 Å². The van der Waals surface area contributed by atoms with E-state index in [9.17, 15) is 4.39 Å². The molecule has 0 saturated heterocycles. The molecular formula is C17H20FNO. The summed E-state index contributed by atoms with van der Waals surface area (Å²) in [5.41, 5.74) is 3.72. The second-order valence-corrected chi connectivity index (χ2v) is 4.99. The number of hydrogen-bond acceptors (Lipinski definition) is 2. The van der Waals surface area contributed by atoms with Crippen LogP contribution in [-0.2, 0) is 0 Å². The summed E-state index contributed by atoms with van der Waals surface area (Å²) in [7, 11) is 3.46. The van der Waals surface area contributed by atoms with Crippen LogP contribution in [0.15, 0.2) is 36.4 Å². The predicted octanol–water partition coefficient (Wildman–Crippen LogP) is 3.76. The van der Waals surface area contributed by atoms with Crippen LogP contribution in [0.3, 0.4) is 0 Å². The quantitative estimate of drug-likeness (QED) is 0.915. The summed E-state index contributed by atoms with van der Waals surface area (Å²) in [5, 5.41) is 3.18. The molecule has 2 aromatic rings. The Labute approximate surface area is 119 Å². The molecule has 0 spiro atoms. The zero-order chi connectivity index (χ0) is 14.7. The van der Waals surface area contributed by atoms with Gasteiger partial charge >= 0.3 is 0 Å². The van der Waals surface area contributed by atoms with Gasteiger partial charge in [-0.2, -0.15) is 0 Å². The number of methoxy groups -OCH3 is 1. The standard InChI is InChI=1S/C17H20FNO/c1-11-6-8-15(18)14(9-11)17(19-3)13-7-5-12(2)10-16(13)20-4/h5-10,17,19H,1-4H3. The van der Waals surface area contributed by atoms with Crippen LogP contribution in [0.4, 0.5) is 4.39 Å². The average molecular weight is 273 g/mol. The third-order valence-electron chi connectivity index (χ3n) is 3.45. The number of aryl methyl sites for hydroxylation is 2. The number of rotatable bonds is 4. The maximum atomic E-state index is 14.1. The molecule has 0 aliphatic heterocycles. The van der Waals surface area contributed by atoms with Gasteiger partial charge in [-0.3, -0.25) is 0 Å². The molecule has 0 saturated carbocycles. The summed E-state index contributed by atoms with van der Waals surface area (Å²) in [4.78, 5) is 0. The molecule has 2 aromatic carbocycles. The Morgan fingerprint density at radius 1 is 1.00 bits per heavy atom. The summed E-state index contributed by atoms with van der Waals surface area (Å²) in [5.74, 6) is 0.558. The number of hydrogen-bond donors (Lipinski definition) is 1. The van der Waals surface area contributed by atoms with Crippen molar-refractivity contribution in [2.24, 2.45) is 0 Å². The minimum absolute atomic E-state index is 0.211. The average Bonchev–Trinajstić information content (AvgIpc) is 2.44. The van der Waals surface area contributed by atoms with E-state index >= 15 is 0 Å². The van der Waals surface area contributed by atoms with Gasteiger partial charge in [-0.05, 0) is 38.6 Å². The van der Waals surface area contributed by atoms with Crippen LogP contribution in [0.25, 0.3) is 0 Å². The molecule has 1 N–H and O–H groups in total. The smallest absolute Gasteiger partial charge is 0.128 e. The van der Waals surface area contributed by atoms with E-state index in [0.717, 1.165) is 22.4 Å². The number of nitrogens with one attached hydrogen (secondary N) is 1. The number of ether oxygens (including phenoxy) is 1. The van der Waals surface area contributed by atoms with E-state index in [-0.39, 0.29) is 11.9 Å². The molecule has 1 unspecified atom stereocenters. The van der Waals surface area contributed by atoms with Crippen molar-refractivity contribution in [2.45, 2.75) is 19.9 Å². The second-order valence-electron chi connectivity index (χ2n) is 4.99. The lowest BCUT2D eigenvalue weighted by Crippen LogP contribution is -2.20. The summed E-state index contributed by atoms with van der Waals surface area (Å²) in [6, 6.07) is 10.9. The van der Waals surface area contributed by atoms with Gasteiger partial charge in [0.15, 0.2) is 0 Å². The topological polar surface area (TPSA) is 21.3 Å². The first-order chi connectivity index (χ1) is 9.56. The highest BCUT2D eigenvalue weighted by atomic mass is 19.1. The van der Waals surface area contributed by atoms with Crippen molar-refractivity contribution in [3.63, 3.8) is 0 Å². The Hall–Kier alpha value is -1.87. The van der Waals surface area contributed by atoms with Gasteiger partial charge in [0, 0.05) is 11.1 Å². The fraction of sp³-hybridized carbons (Fsp3) is 0.294. The monoisotopic (exact) mass is 273 g/mol. The van der Waals surface area contributed by atoms with Gasteiger partial charge in [-0.1, -0.05) is 29.8 Å². The third kappa shape index (κ3) is 2.83. The normalized spacial score (nSPS) is 12.2. The van der Waals surface area contributed by atoms with Gasteiger partial charge in [-0.25, -0.2) is 4.39 Å². The van der Waals surface area contributed by atoms with Gasteiger partial charge in [0.05, 0.1) is 13.2 Å². The van der Waals surface area contributed by atoms with Crippen molar-refractivity contribution < 1.29 is 9.13 Å². The molecule has 2 rings (SSSR count). The van der Waals surface area contributed by atoms with Crippen molar-refractivity contribution in [1.82, 2.24) is 5.32 Å². The Morgan fingerprint density at radius 3 is 2.30 bits per heavy atom. The molecule has 1 atom stereocenters. The highest BCUT2D eigenvalue weighted by molar-refractivity contribution is 5.44. The van der Waals surface area contributed by atoms with Crippen LogP contribution in [0.2, 0.25) is 0 Å². The molecule has 2 nitrogen and oxygen atoms in total. The molecule has 0 heterocycles. The lowest BCUT2D eigenvalue weighted by molar-refractivity contribution is 0.404. The fourth-order valence-electron chi connectivity index (χ4n) is 2.42. The van der Waals surface area contributed by atoms with E-state index in [4.69, 9.17) is 4.74 Å². The molecule has 0 bridgehead atoms. The van der Waals surface area contributed by atoms with Crippen LogP contribution >= 0.6 is 0 Å². The Balaban J connectivity index is 2.55. The van der Waals surface area contributed by atoms with E-state index in [1.54, 1.807) is 13.2 Å². The van der Waals surface area contributed by atoms with Crippen molar-refractivity contribution in [1.29, 1.82) is 0 Å². The minimum Gasteiger partial charge on any atom is -0.496 e. The van der Waals surface area contributed by atoms with E-state index in [1.807, 2.05) is 45.2 Å².